The van der Waals surface area contributed by atoms with E-state index in [1.54, 1.807) is 29.6 Å². The van der Waals surface area contributed by atoms with Gasteiger partial charge in [-0.3, -0.25) is 14.3 Å². The lowest BCUT2D eigenvalue weighted by Gasteiger charge is -2.27. The molecule has 2 amide bonds. The predicted octanol–water partition coefficient (Wildman–Crippen LogP) is 1.10. The molecule has 1 fully saturated rings. The van der Waals surface area contributed by atoms with Gasteiger partial charge in [-0.1, -0.05) is 0 Å². The maximum atomic E-state index is 12.5. The van der Waals surface area contributed by atoms with Crippen LogP contribution in [0, 0.1) is 0 Å². The number of rotatable bonds is 2. The molecule has 0 aliphatic carbocycles. The molecule has 1 aromatic rings. The number of nitrogens with one attached hydrogen (secondary N) is 1. The average Bonchev–Trinajstić information content (AvgIpc) is 2.74. The van der Waals surface area contributed by atoms with Gasteiger partial charge in [0.05, 0.1) is 11.9 Å². The molecule has 0 spiro atoms. The van der Waals surface area contributed by atoms with Gasteiger partial charge in [-0.05, 0) is 27.7 Å². The molecule has 2 heterocycles. The second-order valence-corrected chi connectivity index (χ2v) is 5.65. The molecule has 0 saturated carbocycles. The van der Waals surface area contributed by atoms with Crippen molar-refractivity contribution < 1.29 is 9.59 Å². The zero-order chi connectivity index (χ0) is 14.2. The fourth-order valence-electron chi connectivity index (χ4n) is 2.11. The topological polar surface area (TPSA) is 67.2 Å². The van der Waals surface area contributed by atoms with E-state index in [9.17, 15) is 9.59 Å². The summed E-state index contributed by atoms with van der Waals surface area (Å²) in [6, 6.07) is 0.239. The summed E-state index contributed by atoms with van der Waals surface area (Å²) in [5.74, 6) is -0.209. The van der Waals surface area contributed by atoms with Gasteiger partial charge in [0, 0.05) is 25.2 Å². The van der Waals surface area contributed by atoms with Crippen LogP contribution < -0.4 is 10.2 Å². The average molecular weight is 264 g/mol. The number of anilines is 1. The van der Waals surface area contributed by atoms with Gasteiger partial charge in [0.25, 0.3) is 5.91 Å². The second kappa shape index (κ2) is 4.68. The smallest absolute Gasteiger partial charge is 0.252 e. The monoisotopic (exact) mass is 264 g/mol. The third kappa shape index (κ3) is 2.62. The summed E-state index contributed by atoms with van der Waals surface area (Å²) in [4.78, 5) is 25.7. The van der Waals surface area contributed by atoms with E-state index < -0.39 is 5.54 Å². The second-order valence-electron chi connectivity index (χ2n) is 5.65. The summed E-state index contributed by atoms with van der Waals surface area (Å²) in [6.07, 6.45) is 3.82. The summed E-state index contributed by atoms with van der Waals surface area (Å²) in [5, 5.41) is 6.98. The Kier molecular flexibility index (Phi) is 3.34. The predicted molar refractivity (Wildman–Crippen MR) is 71.8 cm³/mol. The van der Waals surface area contributed by atoms with E-state index in [0.29, 0.717) is 13.0 Å². The molecule has 6 heteroatoms. The molecule has 1 aliphatic heterocycles. The van der Waals surface area contributed by atoms with Crippen molar-refractivity contribution in [3.8, 4) is 0 Å². The van der Waals surface area contributed by atoms with Crippen molar-refractivity contribution in [2.75, 3.05) is 11.4 Å². The molecule has 104 valence electrons. The van der Waals surface area contributed by atoms with Crippen molar-refractivity contribution in [1.82, 2.24) is 15.1 Å². The Labute approximate surface area is 112 Å². The number of carbonyl (C=O) groups excluding carboxylic acids is 2. The summed E-state index contributed by atoms with van der Waals surface area (Å²) in [6.45, 7) is 7.88. The van der Waals surface area contributed by atoms with E-state index in [1.807, 2.05) is 20.0 Å². The maximum Gasteiger partial charge on any atom is 0.252 e. The molecule has 0 aromatic carbocycles. The van der Waals surface area contributed by atoms with Gasteiger partial charge in [0.1, 0.15) is 5.54 Å². The van der Waals surface area contributed by atoms with E-state index in [4.69, 9.17) is 0 Å². The van der Waals surface area contributed by atoms with Crippen molar-refractivity contribution in [2.24, 2.45) is 0 Å². The first-order chi connectivity index (χ1) is 8.81. The lowest BCUT2D eigenvalue weighted by Crippen LogP contribution is -2.52. The number of aromatic nitrogens is 2. The number of carbonyl (C=O) groups is 2. The Balaban J connectivity index is 2.31. The molecule has 6 nitrogen and oxygen atoms in total. The van der Waals surface area contributed by atoms with Gasteiger partial charge >= 0.3 is 0 Å². The van der Waals surface area contributed by atoms with Crippen molar-refractivity contribution in [3.05, 3.63) is 12.4 Å². The van der Waals surface area contributed by atoms with Gasteiger partial charge < -0.3 is 10.2 Å². The molecular formula is C13H20N4O2. The zero-order valence-corrected chi connectivity index (χ0v) is 11.8. The lowest BCUT2D eigenvalue weighted by atomic mass is 10.0. The van der Waals surface area contributed by atoms with Crippen LogP contribution in [0.5, 0.6) is 0 Å². The third-order valence-electron chi connectivity index (χ3n) is 3.22. The van der Waals surface area contributed by atoms with E-state index in [-0.39, 0.29) is 17.9 Å². The fourth-order valence-corrected chi connectivity index (χ4v) is 2.11. The van der Waals surface area contributed by atoms with Gasteiger partial charge in [0.15, 0.2) is 0 Å². The maximum absolute atomic E-state index is 12.5. The molecule has 1 N–H and O–H groups in total. The van der Waals surface area contributed by atoms with E-state index >= 15 is 0 Å². The van der Waals surface area contributed by atoms with Crippen molar-refractivity contribution >= 4 is 17.5 Å². The molecule has 0 atom stereocenters. The summed E-state index contributed by atoms with van der Waals surface area (Å²) in [5.41, 5.74) is -0.142. The highest BCUT2D eigenvalue weighted by molar-refractivity contribution is 6.03. The molecule has 1 aliphatic rings. The first-order valence-corrected chi connectivity index (χ1v) is 6.48. The van der Waals surface area contributed by atoms with E-state index in [0.717, 1.165) is 5.69 Å². The first-order valence-electron chi connectivity index (χ1n) is 6.48. The number of hydrogen-bond acceptors (Lipinski definition) is 3. The molecule has 2 rings (SSSR count). The zero-order valence-electron chi connectivity index (χ0n) is 11.8. The normalized spacial score (nSPS) is 19.5. The van der Waals surface area contributed by atoms with Crippen LogP contribution in [0.25, 0.3) is 0 Å². The summed E-state index contributed by atoms with van der Waals surface area (Å²) in [7, 11) is 0. The van der Waals surface area contributed by atoms with Gasteiger partial charge in [-0.15, -0.1) is 0 Å². The van der Waals surface area contributed by atoms with Crippen LogP contribution in [0.15, 0.2) is 12.4 Å². The van der Waals surface area contributed by atoms with Crippen LogP contribution in [0.4, 0.5) is 5.69 Å². The lowest BCUT2D eigenvalue weighted by molar-refractivity contribution is -0.128. The molecule has 0 radical (unpaired) electrons. The van der Waals surface area contributed by atoms with Crippen LogP contribution in [0.1, 0.15) is 40.2 Å². The Hall–Kier alpha value is -1.85. The number of amides is 2. The molecular weight excluding hydrogens is 244 g/mol. The molecule has 1 aromatic heterocycles. The van der Waals surface area contributed by atoms with Crippen LogP contribution in [0.3, 0.4) is 0 Å². The van der Waals surface area contributed by atoms with Gasteiger partial charge in [0.2, 0.25) is 5.91 Å². The Bertz CT molecular complexity index is 504. The highest BCUT2D eigenvalue weighted by atomic mass is 16.2. The minimum Gasteiger partial charge on any atom is -0.342 e. The van der Waals surface area contributed by atoms with Crippen LogP contribution in [0.2, 0.25) is 0 Å². The Morgan fingerprint density at radius 3 is 2.63 bits per heavy atom. The Morgan fingerprint density at radius 1 is 1.37 bits per heavy atom. The van der Waals surface area contributed by atoms with Crippen molar-refractivity contribution in [1.29, 1.82) is 0 Å². The number of hydrogen-bond donors (Lipinski definition) is 1. The van der Waals surface area contributed by atoms with Gasteiger partial charge in [-0.25, -0.2) is 0 Å². The largest absolute Gasteiger partial charge is 0.342 e. The first kappa shape index (κ1) is 13.6. The van der Waals surface area contributed by atoms with E-state index in [1.165, 1.54) is 0 Å². The van der Waals surface area contributed by atoms with Crippen LogP contribution >= 0.6 is 0 Å². The van der Waals surface area contributed by atoms with Crippen molar-refractivity contribution in [2.45, 2.75) is 45.7 Å². The molecule has 19 heavy (non-hydrogen) atoms. The quantitative estimate of drug-likeness (QED) is 0.869. The molecule has 1 saturated heterocycles. The summed E-state index contributed by atoms with van der Waals surface area (Å²) >= 11 is 0. The number of nitrogens with zero attached hydrogens (tertiary/aromatic N) is 3. The fraction of sp³-hybridized carbons (Fsp3) is 0.615. The summed E-state index contributed by atoms with van der Waals surface area (Å²) < 4.78 is 1.80. The van der Waals surface area contributed by atoms with E-state index in [2.05, 4.69) is 10.4 Å². The van der Waals surface area contributed by atoms with Gasteiger partial charge in [-0.2, -0.15) is 5.10 Å². The minimum absolute atomic E-state index is 0.0999. The third-order valence-corrected chi connectivity index (χ3v) is 3.22. The molecule has 0 unspecified atom stereocenters. The highest BCUT2D eigenvalue weighted by Crippen LogP contribution is 2.22. The standard InChI is InChI=1S/C13H20N4O2/c1-9(2)17-8-10(7-14-17)16-6-5-11(18)15-13(3,4)12(16)19/h7-9H,5-6H2,1-4H3,(H,15,18). The van der Waals surface area contributed by atoms with Crippen LogP contribution in [-0.2, 0) is 9.59 Å². The highest BCUT2D eigenvalue weighted by Gasteiger charge is 2.37. The Morgan fingerprint density at radius 2 is 2.05 bits per heavy atom. The molecule has 0 bridgehead atoms. The van der Waals surface area contributed by atoms with Crippen molar-refractivity contribution in [3.63, 3.8) is 0 Å². The van der Waals surface area contributed by atoms with Crippen LogP contribution in [-0.4, -0.2) is 33.7 Å². The SMILES string of the molecule is CC(C)n1cc(N2CCC(=O)NC(C)(C)C2=O)cn1. The minimum atomic E-state index is -0.881.